The number of carbonyl (C=O) groups is 1. The average molecular weight is 457 g/mol. The Morgan fingerprint density at radius 3 is 2.77 bits per heavy atom. The van der Waals surface area contributed by atoms with Crippen LogP contribution >= 0.6 is 0 Å². The molecule has 1 aromatic carbocycles. The van der Waals surface area contributed by atoms with E-state index in [1.54, 1.807) is 10.9 Å². The Hall–Kier alpha value is -2.44. The normalized spacial score (nSPS) is 16.7. The van der Waals surface area contributed by atoms with Crippen LogP contribution < -0.4 is 9.44 Å². The van der Waals surface area contributed by atoms with Gasteiger partial charge in [-0.25, -0.2) is 21.6 Å². The molecule has 2 N–H and O–H groups in total. The Labute approximate surface area is 175 Å². The van der Waals surface area contributed by atoms with Crippen LogP contribution in [0.5, 0.6) is 0 Å². The number of anilines is 1. The van der Waals surface area contributed by atoms with Crippen molar-refractivity contribution in [2.75, 3.05) is 17.6 Å². The Balaban J connectivity index is 1.78. The molecule has 1 unspecified atom stereocenters. The highest BCUT2D eigenvalue weighted by Gasteiger charge is 2.28. The van der Waals surface area contributed by atoms with Crippen LogP contribution in [0.3, 0.4) is 0 Å². The lowest BCUT2D eigenvalue weighted by Crippen LogP contribution is -2.31. The monoisotopic (exact) mass is 456 g/mol. The van der Waals surface area contributed by atoms with Crippen LogP contribution in [0.2, 0.25) is 0 Å². The average Bonchev–Trinajstić information content (AvgIpc) is 3.04. The van der Waals surface area contributed by atoms with E-state index in [-0.39, 0.29) is 23.2 Å². The Kier molecular flexibility index (Phi) is 6.48. The number of esters is 1. The molecule has 1 aliphatic carbocycles. The highest BCUT2D eigenvalue weighted by atomic mass is 32.2. The van der Waals surface area contributed by atoms with Crippen LogP contribution in [-0.4, -0.2) is 45.4 Å². The summed E-state index contributed by atoms with van der Waals surface area (Å²) in [6, 6.07) is 5.18. The zero-order chi connectivity index (χ0) is 21.9. The van der Waals surface area contributed by atoms with E-state index >= 15 is 0 Å². The fourth-order valence-electron chi connectivity index (χ4n) is 3.41. The molecule has 12 heteroatoms. The molecule has 0 amide bonds. The second kappa shape index (κ2) is 8.74. The van der Waals surface area contributed by atoms with Crippen LogP contribution in [0.25, 0.3) is 0 Å². The number of rotatable bonds is 8. The first-order valence-electron chi connectivity index (χ1n) is 9.33. The van der Waals surface area contributed by atoms with Gasteiger partial charge < -0.3 is 4.74 Å². The zero-order valence-corrected chi connectivity index (χ0v) is 18.3. The number of carbonyl (C=O) groups excluding carboxylic acids is 1. The summed E-state index contributed by atoms with van der Waals surface area (Å²) in [7, 11) is -7.42. The maximum Gasteiger partial charge on any atom is 0.302 e. The summed E-state index contributed by atoms with van der Waals surface area (Å²) in [5, 5.41) is 4.32. The number of aromatic nitrogens is 2. The van der Waals surface area contributed by atoms with Crippen molar-refractivity contribution >= 4 is 31.7 Å². The van der Waals surface area contributed by atoms with Gasteiger partial charge in [-0.2, -0.15) is 5.10 Å². The SMILES string of the molecule is CC(=O)OCCn1ncc2c1CCCC2NS(=O)(=O)c1cccc(NS(C)(=O)=O)c1. The van der Waals surface area contributed by atoms with E-state index in [4.69, 9.17) is 4.74 Å². The number of fused-ring (bicyclic) bond motifs is 1. The van der Waals surface area contributed by atoms with Gasteiger partial charge >= 0.3 is 5.97 Å². The lowest BCUT2D eigenvalue weighted by atomic mass is 9.94. The number of ether oxygens (including phenoxy) is 1. The molecule has 0 spiro atoms. The third kappa shape index (κ3) is 5.58. The standard InChI is InChI=1S/C18H24N4O6S2/c1-13(23)28-10-9-22-18-8-4-7-17(16(18)12-19-22)21-30(26,27)15-6-3-5-14(11-15)20-29(2,24)25/h3,5-6,11-12,17,20-21H,4,7-10H2,1-2H3. The molecule has 0 radical (unpaired) electrons. The number of nitrogens with zero attached hydrogens (tertiary/aromatic N) is 2. The summed E-state index contributed by atoms with van der Waals surface area (Å²) in [6.07, 6.45) is 4.77. The van der Waals surface area contributed by atoms with Crippen molar-refractivity contribution in [3.8, 4) is 0 Å². The van der Waals surface area contributed by atoms with Crippen molar-refractivity contribution in [3.05, 3.63) is 41.7 Å². The van der Waals surface area contributed by atoms with Gasteiger partial charge in [0.2, 0.25) is 20.0 Å². The molecule has 0 fully saturated rings. The fraction of sp³-hybridized carbons (Fsp3) is 0.444. The quantitative estimate of drug-likeness (QED) is 0.569. The van der Waals surface area contributed by atoms with Crippen LogP contribution in [0.4, 0.5) is 5.69 Å². The maximum atomic E-state index is 12.9. The van der Waals surface area contributed by atoms with Gasteiger partial charge in [-0.15, -0.1) is 0 Å². The number of hydrogen-bond donors (Lipinski definition) is 2. The van der Waals surface area contributed by atoms with Crippen LogP contribution in [-0.2, 0) is 42.5 Å². The van der Waals surface area contributed by atoms with Gasteiger partial charge in [0.05, 0.1) is 29.9 Å². The van der Waals surface area contributed by atoms with Crippen LogP contribution in [0.15, 0.2) is 35.4 Å². The van der Waals surface area contributed by atoms with Gasteiger partial charge in [-0.05, 0) is 37.5 Å². The van der Waals surface area contributed by atoms with Crippen molar-refractivity contribution in [3.63, 3.8) is 0 Å². The molecule has 30 heavy (non-hydrogen) atoms. The van der Waals surface area contributed by atoms with Gasteiger partial charge in [0.1, 0.15) is 6.61 Å². The van der Waals surface area contributed by atoms with E-state index in [9.17, 15) is 21.6 Å². The van der Waals surface area contributed by atoms with E-state index in [0.29, 0.717) is 13.0 Å². The molecule has 0 bridgehead atoms. The molecule has 10 nitrogen and oxygen atoms in total. The first kappa shape index (κ1) is 22.2. The molecule has 0 aliphatic heterocycles. The van der Waals surface area contributed by atoms with Gasteiger partial charge in [-0.1, -0.05) is 6.07 Å². The molecule has 164 valence electrons. The summed E-state index contributed by atoms with van der Waals surface area (Å²) in [5.41, 5.74) is 1.87. The fourth-order valence-corrected chi connectivity index (χ4v) is 5.26. The topological polar surface area (TPSA) is 136 Å². The Morgan fingerprint density at radius 2 is 2.07 bits per heavy atom. The van der Waals surface area contributed by atoms with E-state index in [1.165, 1.54) is 31.2 Å². The van der Waals surface area contributed by atoms with E-state index in [0.717, 1.165) is 30.4 Å². The number of benzene rings is 1. The Bertz CT molecular complexity index is 1140. The van der Waals surface area contributed by atoms with Gasteiger partial charge in [0, 0.05) is 23.9 Å². The molecular weight excluding hydrogens is 432 g/mol. The van der Waals surface area contributed by atoms with Crippen LogP contribution in [0.1, 0.15) is 37.1 Å². The van der Waals surface area contributed by atoms with Crippen molar-refractivity contribution in [2.45, 2.75) is 43.7 Å². The third-order valence-electron chi connectivity index (χ3n) is 4.62. The van der Waals surface area contributed by atoms with Gasteiger partial charge in [0.25, 0.3) is 0 Å². The lowest BCUT2D eigenvalue weighted by molar-refractivity contribution is -0.141. The number of sulfonamides is 2. The summed E-state index contributed by atoms with van der Waals surface area (Å²) in [6.45, 7) is 1.93. The predicted octanol–water partition coefficient (Wildman–Crippen LogP) is 1.17. The molecule has 3 rings (SSSR count). The van der Waals surface area contributed by atoms with Gasteiger partial charge in [-0.3, -0.25) is 14.2 Å². The van der Waals surface area contributed by atoms with Gasteiger partial charge in [0.15, 0.2) is 0 Å². The second-order valence-corrected chi connectivity index (χ2v) is 10.5. The summed E-state index contributed by atoms with van der Waals surface area (Å²) in [5.74, 6) is -0.366. The molecule has 0 saturated carbocycles. The molecule has 0 saturated heterocycles. The molecule has 1 atom stereocenters. The minimum Gasteiger partial charge on any atom is -0.464 e. The van der Waals surface area contributed by atoms with Crippen molar-refractivity contribution in [2.24, 2.45) is 0 Å². The maximum absolute atomic E-state index is 12.9. The largest absolute Gasteiger partial charge is 0.464 e. The van der Waals surface area contributed by atoms with E-state index in [1.807, 2.05) is 0 Å². The zero-order valence-electron chi connectivity index (χ0n) is 16.7. The first-order chi connectivity index (χ1) is 14.0. The molecule has 1 heterocycles. The molecule has 1 aromatic heterocycles. The van der Waals surface area contributed by atoms with Crippen molar-refractivity contribution < 1.29 is 26.4 Å². The van der Waals surface area contributed by atoms with E-state index in [2.05, 4.69) is 14.5 Å². The van der Waals surface area contributed by atoms with Crippen molar-refractivity contribution in [1.82, 2.24) is 14.5 Å². The summed E-state index contributed by atoms with van der Waals surface area (Å²) >= 11 is 0. The minimum atomic E-state index is -3.89. The Morgan fingerprint density at radius 1 is 1.30 bits per heavy atom. The summed E-state index contributed by atoms with van der Waals surface area (Å²) in [4.78, 5) is 10.9. The number of hydrogen-bond acceptors (Lipinski definition) is 7. The first-order valence-corrected chi connectivity index (χ1v) is 12.7. The minimum absolute atomic E-state index is 0.0366. The predicted molar refractivity (Wildman–Crippen MR) is 110 cm³/mol. The lowest BCUT2D eigenvalue weighted by Gasteiger charge is -2.24. The highest BCUT2D eigenvalue weighted by molar-refractivity contribution is 7.92. The molecule has 1 aliphatic rings. The number of nitrogens with one attached hydrogen (secondary N) is 2. The summed E-state index contributed by atoms with van der Waals surface area (Å²) < 4.78 is 60.3. The van der Waals surface area contributed by atoms with Crippen LogP contribution in [0, 0.1) is 0 Å². The van der Waals surface area contributed by atoms with Crippen molar-refractivity contribution in [1.29, 1.82) is 0 Å². The van der Waals surface area contributed by atoms with E-state index < -0.39 is 26.1 Å². The molecule has 2 aromatic rings. The smallest absolute Gasteiger partial charge is 0.302 e. The third-order valence-corrected chi connectivity index (χ3v) is 6.69. The molecular formula is C18H24N4O6S2. The second-order valence-electron chi connectivity index (χ2n) is 7.08. The highest BCUT2D eigenvalue weighted by Crippen LogP contribution is 2.31.